The van der Waals surface area contributed by atoms with Crippen LogP contribution < -0.4 is 5.32 Å². The van der Waals surface area contributed by atoms with Crippen LogP contribution in [0.15, 0.2) is 0 Å². The van der Waals surface area contributed by atoms with Gasteiger partial charge in [-0.2, -0.15) is 0 Å². The summed E-state index contributed by atoms with van der Waals surface area (Å²) in [6, 6.07) is -0.358. The first kappa shape index (κ1) is 23.4. The first-order valence-electron chi connectivity index (χ1n) is 9.56. The highest BCUT2D eigenvalue weighted by atomic mass is 32.2. The Morgan fingerprint density at radius 1 is 1.26 bits per heavy atom. The lowest BCUT2D eigenvalue weighted by atomic mass is 10.1. The minimum Gasteiger partial charge on any atom is -0.454 e. The number of nitrogens with zero attached hydrogens (tertiary/aromatic N) is 1. The second-order valence-electron chi connectivity index (χ2n) is 7.37. The Bertz CT molecular complexity index is 617. The predicted molar refractivity (Wildman–Crippen MR) is 102 cm³/mol. The van der Waals surface area contributed by atoms with E-state index in [4.69, 9.17) is 4.74 Å². The summed E-state index contributed by atoms with van der Waals surface area (Å²) in [5, 5.41) is 2.47. The third kappa shape index (κ3) is 9.21. The molecule has 1 aliphatic rings. The van der Waals surface area contributed by atoms with Crippen LogP contribution in [0.5, 0.6) is 0 Å². The molecule has 0 aromatic rings. The molecule has 0 radical (unpaired) electrons. The number of nitrogens with one attached hydrogen (secondary N) is 1. The van der Waals surface area contributed by atoms with E-state index in [0.717, 1.165) is 19.3 Å². The van der Waals surface area contributed by atoms with Gasteiger partial charge in [0.1, 0.15) is 6.54 Å². The SMILES string of the molecule is CCCCN(C(=O)COC(=O)CNC(=O)CCC(C)C)C1CCS(=O)(=O)C1. The molecule has 27 heavy (non-hydrogen) atoms. The Hall–Kier alpha value is -1.64. The molecular weight excluding hydrogens is 372 g/mol. The van der Waals surface area contributed by atoms with Gasteiger partial charge in [-0.25, -0.2) is 8.42 Å². The highest BCUT2D eigenvalue weighted by Gasteiger charge is 2.34. The smallest absolute Gasteiger partial charge is 0.325 e. The molecule has 156 valence electrons. The van der Waals surface area contributed by atoms with Gasteiger partial charge in [0.05, 0.1) is 11.5 Å². The number of sulfone groups is 1. The third-order valence-corrected chi connectivity index (χ3v) is 6.21. The molecular formula is C18H32N2O6S. The molecule has 0 aromatic heterocycles. The highest BCUT2D eigenvalue weighted by Crippen LogP contribution is 2.18. The lowest BCUT2D eigenvalue weighted by Crippen LogP contribution is -2.44. The maximum Gasteiger partial charge on any atom is 0.325 e. The molecule has 1 atom stereocenters. The van der Waals surface area contributed by atoms with Gasteiger partial charge in [-0.3, -0.25) is 14.4 Å². The lowest BCUT2D eigenvalue weighted by molar-refractivity contribution is -0.152. The van der Waals surface area contributed by atoms with Crippen molar-refractivity contribution in [3.63, 3.8) is 0 Å². The van der Waals surface area contributed by atoms with Crippen LogP contribution in [0, 0.1) is 5.92 Å². The van der Waals surface area contributed by atoms with Crippen LogP contribution in [0.3, 0.4) is 0 Å². The fourth-order valence-corrected chi connectivity index (χ4v) is 4.55. The van der Waals surface area contributed by atoms with Crippen molar-refractivity contribution in [2.24, 2.45) is 5.92 Å². The van der Waals surface area contributed by atoms with Gasteiger partial charge >= 0.3 is 5.97 Å². The van der Waals surface area contributed by atoms with Crippen molar-refractivity contribution in [3.8, 4) is 0 Å². The molecule has 9 heteroatoms. The summed E-state index contributed by atoms with van der Waals surface area (Å²) in [6.07, 6.45) is 3.10. The summed E-state index contributed by atoms with van der Waals surface area (Å²) >= 11 is 0. The van der Waals surface area contributed by atoms with E-state index in [-0.39, 0.29) is 30.0 Å². The van der Waals surface area contributed by atoms with Crippen molar-refractivity contribution >= 4 is 27.6 Å². The van der Waals surface area contributed by atoms with Crippen LogP contribution in [0.4, 0.5) is 0 Å². The number of carbonyl (C=O) groups is 3. The van der Waals surface area contributed by atoms with Gasteiger partial charge in [-0.05, 0) is 25.2 Å². The minimum absolute atomic E-state index is 0.0394. The molecule has 1 N–H and O–H groups in total. The van der Waals surface area contributed by atoms with E-state index in [2.05, 4.69) is 5.32 Å². The number of carbonyl (C=O) groups excluding carboxylic acids is 3. The lowest BCUT2D eigenvalue weighted by Gasteiger charge is -2.28. The van der Waals surface area contributed by atoms with Gasteiger partial charge in [-0.15, -0.1) is 0 Å². The molecule has 0 saturated carbocycles. The Balaban J connectivity index is 2.44. The first-order chi connectivity index (χ1) is 12.6. The van der Waals surface area contributed by atoms with Crippen molar-refractivity contribution in [2.45, 2.75) is 58.9 Å². The molecule has 2 amide bonds. The predicted octanol–water partition coefficient (Wildman–Crippen LogP) is 0.898. The van der Waals surface area contributed by atoms with Crippen molar-refractivity contribution in [1.82, 2.24) is 10.2 Å². The van der Waals surface area contributed by atoms with E-state index in [1.807, 2.05) is 20.8 Å². The zero-order valence-corrected chi connectivity index (χ0v) is 17.3. The number of ether oxygens (including phenoxy) is 1. The Morgan fingerprint density at radius 2 is 1.96 bits per heavy atom. The fourth-order valence-electron chi connectivity index (χ4n) is 2.82. The number of hydrogen-bond acceptors (Lipinski definition) is 6. The average Bonchev–Trinajstić information content (AvgIpc) is 2.96. The number of rotatable bonds is 11. The van der Waals surface area contributed by atoms with E-state index in [0.29, 0.717) is 25.3 Å². The van der Waals surface area contributed by atoms with Crippen molar-refractivity contribution < 1.29 is 27.5 Å². The van der Waals surface area contributed by atoms with E-state index < -0.39 is 28.3 Å². The second-order valence-corrected chi connectivity index (χ2v) is 9.60. The molecule has 0 bridgehead atoms. The molecule has 1 fully saturated rings. The molecule has 0 aromatic carbocycles. The van der Waals surface area contributed by atoms with Gasteiger partial charge in [0.2, 0.25) is 5.91 Å². The Kier molecular flexibility index (Phi) is 9.76. The third-order valence-electron chi connectivity index (χ3n) is 4.46. The molecule has 8 nitrogen and oxygen atoms in total. The van der Waals surface area contributed by atoms with Crippen LogP contribution in [0.2, 0.25) is 0 Å². The fraction of sp³-hybridized carbons (Fsp3) is 0.833. The summed E-state index contributed by atoms with van der Waals surface area (Å²) in [5.74, 6) is -0.875. The summed E-state index contributed by atoms with van der Waals surface area (Å²) in [4.78, 5) is 37.3. The van der Waals surface area contributed by atoms with Gasteiger partial charge in [0.15, 0.2) is 16.4 Å². The standard InChI is InChI=1S/C18H32N2O6S/c1-4-5-9-20(15-8-10-27(24,25)13-15)17(22)12-26-18(23)11-19-16(21)7-6-14(2)3/h14-15H,4-13H2,1-3H3,(H,19,21). The maximum atomic E-state index is 12.4. The summed E-state index contributed by atoms with van der Waals surface area (Å²) in [6.45, 7) is 5.72. The average molecular weight is 405 g/mol. The zero-order chi connectivity index (χ0) is 20.4. The van der Waals surface area contributed by atoms with Crippen LogP contribution in [0.25, 0.3) is 0 Å². The van der Waals surface area contributed by atoms with Crippen LogP contribution in [0.1, 0.15) is 52.9 Å². The maximum absolute atomic E-state index is 12.4. The van der Waals surface area contributed by atoms with Crippen LogP contribution in [-0.2, 0) is 29.0 Å². The molecule has 1 aliphatic heterocycles. The molecule has 1 rings (SSSR count). The molecule has 1 unspecified atom stereocenters. The van der Waals surface area contributed by atoms with Crippen LogP contribution >= 0.6 is 0 Å². The van der Waals surface area contributed by atoms with Crippen LogP contribution in [-0.4, -0.2) is 68.3 Å². The van der Waals surface area contributed by atoms with E-state index in [9.17, 15) is 22.8 Å². The summed E-state index contributed by atoms with van der Waals surface area (Å²) in [7, 11) is -3.11. The number of unbranched alkanes of at least 4 members (excludes halogenated alkanes) is 1. The Morgan fingerprint density at radius 3 is 2.52 bits per heavy atom. The van der Waals surface area contributed by atoms with Gasteiger partial charge in [0.25, 0.3) is 5.91 Å². The number of amides is 2. The molecule has 0 spiro atoms. The summed E-state index contributed by atoms with van der Waals surface area (Å²) < 4.78 is 28.3. The number of esters is 1. The zero-order valence-electron chi connectivity index (χ0n) is 16.5. The number of hydrogen-bond donors (Lipinski definition) is 1. The topological polar surface area (TPSA) is 110 Å². The van der Waals surface area contributed by atoms with Crippen molar-refractivity contribution in [2.75, 3.05) is 31.2 Å². The van der Waals surface area contributed by atoms with Gasteiger partial charge < -0.3 is 15.0 Å². The molecule has 1 saturated heterocycles. The van der Waals surface area contributed by atoms with E-state index in [1.165, 1.54) is 4.90 Å². The largest absolute Gasteiger partial charge is 0.454 e. The van der Waals surface area contributed by atoms with Crippen molar-refractivity contribution in [3.05, 3.63) is 0 Å². The monoisotopic (exact) mass is 404 g/mol. The van der Waals surface area contributed by atoms with E-state index >= 15 is 0 Å². The normalized spacial score (nSPS) is 18.3. The Labute approximate surface area is 161 Å². The highest BCUT2D eigenvalue weighted by molar-refractivity contribution is 7.91. The molecule has 1 heterocycles. The van der Waals surface area contributed by atoms with E-state index in [1.54, 1.807) is 0 Å². The van der Waals surface area contributed by atoms with Crippen molar-refractivity contribution in [1.29, 1.82) is 0 Å². The van der Waals surface area contributed by atoms with Gasteiger partial charge in [-0.1, -0.05) is 27.2 Å². The quantitative estimate of drug-likeness (QED) is 0.512. The second kappa shape index (κ2) is 11.3. The van der Waals surface area contributed by atoms with Gasteiger partial charge in [0, 0.05) is 19.0 Å². The first-order valence-corrected chi connectivity index (χ1v) is 11.4. The molecule has 0 aliphatic carbocycles. The summed E-state index contributed by atoms with van der Waals surface area (Å²) in [5.41, 5.74) is 0. The minimum atomic E-state index is -3.11.